The van der Waals surface area contributed by atoms with Crippen molar-refractivity contribution in [3.8, 4) is 11.5 Å². The molecule has 2 rings (SSSR count). The van der Waals surface area contributed by atoms with Crippen LogP contribution in [-0.2, 0) is 0 Å². The van der Waals surface area contributed by atoms with E-state index in [1.54, 1.807) is 31.2 Å². The maximum atomic E-state index is 11.1. The Bertz CT molecular complexity index is 532. The molecule has 0 aliphatic rings. The number of benzene rings is 2. The molecule has 0 heterocycles. The Kier molecular flexibility index (Phi) is 3.78. The van der Waals surface area contributed by atoms with Crippen molar-refractivity contribution in [3.63, 3.8) is 0 Å². The van der Waals surface area contributed by atoms with Crippen LogP contribution in [0.5, 0.6) is 11.5 Å². The fourth-order valence-corrected chi connectivity index (χ4v) is 1.94. The first-order valence-electron chi connectivity index (χ1n) is 5.19. The summed E-state index contributed by atoms with van der Waals surface area (Å²) in [5.74, 6) is 1.59. The van der Waals surface area contributed by atoms with Crippen molar-refractivity contribution in [1.29, 1.82) is 0 Å². The smallest absolute Gasteiger partial charge is 0.159 e. The number of hydrogen-bond acceptors (Lipinski definition) is 2. The van der Waals surface area contributed by atoms with E-state index in [1.165, 1.54) is 0 Å². The van der Waals surface area contributed by atoms with Crippen LogP contribution in [0.4, 0.5) is 0 Å². The molecule has 0 aliphatic carbocycles. The van der Waals surface area contributed by atoms with Gasteiger partial charge in [0, 0.05) is 9.13 Å². The lowest BCUT2D eigenvalue weighted by Gasteiger charge is -2.06. The van der Waals surface area contributed by atoms with Crippen molar-refractivity contribution < 1.29 is 9.53 Å². The minimum atomic E-state index is 0.0609. The van der Waals surface area contributed by atoms with E-state index in [-0.39, 0.29) is 5.78 Å². The number of carbonyl (C=O) groups is 1. The number of rotatable bonds is 3. The number of hydrogen-bond donors (Lipinski definition) is 0. The zero-order valence-corrected chi connectivity index (χ0v) is 11.5. The first-order valence-corrected chi connectivity index (χ1v) is 6.27. The highest BCUT2D eigenvalue weighted by Gasteiger charge is 2.01. The van der Waals surface area contributed by atoms with Crippen LogP contribution >= 0.6 is 22.6 Å². The Hall–Kier alpha value is -1.36. The van der Waals surface area contributed by atoms with E-state index in [0.717, 1.165) is 15.1 Å². The monoisotopic (exact) mass is 338 g/mol. The number of halogens is 1. The average Bonchev–Trinajstić information content (AvgIpc) is 2.29. The molecule has 2 nitrogen and oxygen atoms in total. The van der Waals surface area contributed by atoms with Gasteiger partial charge in [-0.05, 0) is 72.0 Å². The lowest BCUT2D eigenvalue weighted by atomic mass is 10.1. The quantitative estimate of drug-likeness (QED) is 0.617. The van der Waals surface area contributed by atoms with E-state index in [1.807, 2.05) is 24.3 Å². The van der Waals surface area contributed by atoms with E-state index in [9.17, 15) is 4.79 Å². The van der Waals surface area contributed by atoms with E-state index in [0.29, 0.717) is 5.56 Å². The largest absolute Gasteiger partial charge is 0.457 e. The lowest BCUT2D eigenvalue weighted by molar-refractivity contribution is 0.101. The molecule has 0 atom stereocenters. The fraction of sp³-hybridized carbons (Fsp3) is 0.0714. The predicted octanol–water partition coefficient (Wildman–Crippen LogP) is 4.29. The van der Waals surface area contributed by atoms with Gasteiger partial charge in [0.1, 0.15) is 11.5 Å². The number of ketones is 1. The number of ether oxygens (including phenoxy) is 1. The Morgan fingerprint density at radius 3 is 2.35 bits per heavy atom. The summed E-state index contributed by atoms with van der Waals surface area (Å²) in [6.07, 6.45) is 0. The summed E-state index contributed by atoms with van der Waals surface area (Å²) in [4.78, 5) is 11.1. The molecule has 0 fully saturated rings. The Labute approximate surface area is 114 Å². The Morgan fingerprint density at radius 1 is 1.06 bits per heavy atom. The molecule has 0 radical (unpaired) electrons. The third-order valence-electron chi connectivity index (χ3n) is 2.29. The van der Waals surface area contributed by atoms with Crippen molar-refractivity contribution in [2.45, 2.75) is 6.92 Å². The third-order valence-corrected chi connectivity index (χ3v) is 2.96. The molecule has 0 aliphatic heterocycles. The normalized spacial score (nSPS) is 10.0. The van der Waals surface area contributed by atoms with Crippen LogP contribution in [0, 0.1) is 3.57 Å². The maximum absolute atomic E-state index is 11.1. The molecule has 0 saturated heterocycles. The van der Waals surface area contributed by atoms with Crippen molar-refractivity contribution in [1.82, 2.24) is 0 Å². The maximum Gasteiger partial charge on any atom is 0.159 e. The molecule has 0 bridgehead atoms. The molecule has 2 aromatic rings. The third kappa shape index (κ3) is 3.30. The molecule has 17 heavy (non-hydrogen) atoms. The van der Waals surface area contributed by atoms with Gasteiger partial charge in [0.15, 0.2) is 5.78 Å². The van der Waals surface area contributed by atoms with Crippen LogP contribution in [0.2, 0.25) is 0 Å². The SMILES string of the molecule is CC(=O)c1ccc(Oc2cccc(I)c2)cc1. The summed E-state index contributed by atoms with van der Waals surface area (Å²) in [5.41, 5.74) is 0.694. The molecule has 3 heteroatoms. The van der Waals surface area contributed by atoms with Gasteiger partial charge >= 0.3 is 0 Å². The first-order chi connectivity index (χ1) is 8.15. The van der Waals surface area contributed by atoms with Crippen molar-refractivity contribution >= 4 is 28.4 Å². The average molecular weight is 338 g/mol. The molecule has 0 aromatic heterocycles. The molecule has 0 saturated carbocycles. The fourth-order valence-electron chi connectivity index (χ4n) is 1.42. The second kappa shape index (κ2) is 5.31. The summed E-state index contributed by atoms with van der Waals surface area (Å²) >= 11 is 2.24. The second-order valence-corrected chi connectivity index (χ2v) is 4.89. The van der Waals surface area contributed by atoms with Gasteiger partial charge in [0.05, 0.1) is 0 Å². The van der Waals surface area contributed by atoms with Crippen LogP contribution in [0.25, 0.3) is 0 Å². The van der Waals surface area contributed by atoms with E-state index in [4.69, 9.17) is 4.74 Å². The summed E-state index contributed by atoms with van der Waals surface area (Å²) in [7, 11) is 0. The van der Waals surface area contributed by atoms with E-state index in [2.05, 4.69) is 22.6 Å². The van der Waals surface area contributed by atoms with Gasteiger partial charge in [-0.1, -0.05) is 6.07 Å². The van der Waals surface area contributed by atoms with Crippen LogP contribution in [0.1, 0.15) is 17.3 Å². The predicted molar refractivity (Wildman–Crippen MR) is 75.7 cm³/mol. The second-order valence-electron chi connectivity index (χ2n) is 3.64. The first kappa shape index (κ1) is 12.1. The van der Waals surface area contributed by atoms with E-state index < -0.39 is 0 Å². The minimum absolute atomic E-state index is 0.0609. The highest BCUT2D eigenvalue weighted by atomic mass is 127. The standard InChI is InChI=1S/C14H11IO2/c1-10(16)11-5-7-13(8-6-11)17-14-4-2-3-12(15)9-14/h2-9H,1H3. The van der Waals surface area contributed by atoms with Gasteiger partial charge in [-0.2, -0.15) is 0 Å². The van der Waals surface area contributed by atoms with Gasteiger partial charge in [-0.25, -0.2) is 0 Å². The van der Waals surface area contributed by atoms with Gasteiger partial charge < -0.3 is 4.74 Å². The molecule has 86 valence electrons. The molecule has 0 N–H and O–H groups in total. The van der Waals surface area contributed by atoms with Gasteiger partial charge in [-0.15, -0.1) is 0 Å². The number of carbonyl (C=O) groups excluding carboxylic acids is 1. The summed E-state index contributed by atoms with van der Waals surface area (Å²) in [6.45, 7) is 1.55. The minimum Gasteiger partial charge on any atom is -0.457 e. The summed E-state index contributed by atoms with van der Waals surface area (Å²) < 4.78 is 6.80. The number of Topliss-reactive ketones (excluding diaryl/α,β-unsaturated/α-hetero) is 1. The van der Waals surface area contributed by atoms with Gasteiger partial charge in [0.25, 0.3) is 0 Å². The molecule has 0 amide bonds. The summed E-state index contributed by atoms with van der Waals surface area (Å²) in [6, 6.07) is 15.0. The van der Waals surface area contributed by atoms with E-state index >= 15 is 0 Å². The van der Waals surface area contributed by atoms with Crippen molar-refractivity contribution in [3.05, 3.63) is 57.7 Å². The molecular weight excluding hydrogens is 327 g/mol. The van der Waals surface area contributed by atoms with Crippen LogP contribution in [0.15, 0.2) is 48.5 Å². The zero-order chi connectivity index (χ0) is 12.3. The highest BCUT2D eigenvalue weighted by molar-refractivity contribution is 14.1. The van der Waals surface area contributed by atoms with Crippen molar-refractivity contribution in [2.75, 3.05) is 0 Å². The highest BCUT2D eigenvalue weighted by Crippen LogP contribution is 2.23. The summed E-state index contributed by atoms with van der Waals surface area (Å²) in [5, 5.41) is 0. The van der Waals surface area contributed by atoms with Crippen molar-refractivity contribution in [2.24, 2.45) is 0 Å². The van der Waals surface area contributed by atoms with Gasteiger partial charge in [-0.3, -0.25) is 4.79 Å². The molecule has 2 aromatic carbocycles. The Morgan fingerprint density at radius 2 is 1.76 bits per heavy atom. The molecule has 0 unspecified atom stereocenters. The van der Waals surface area contributed by atoms with Crippen LogP contribution in [-0.4, -0.2) is 5.78 Å². The zero-order valence-electron chi connectivity index (χ0n) is 9.31. The molecular formula is C14H11IO2. The topological polar surface area (TPSA) is 26.3 Å². The molecule has 0 spiro atoms. The van der Waals surface area contributed by atoms with Crippen LogP contribution in [0.3, 0.4) is 0 Å². The lowest BCUT2D eigenvalue weighted by Crippen LogP contribution is -1.91. The Balaban J connectivity index is 2.16. The van der Waals surface area contributed by atoms with Crippen LogP contribution < -0.4 is 4.74 Å². The van der Waals surface area contributed by atoms with Gasteiger partial charge in [0.2, 0.25) is 0 Å².